The summed E-state index contributed by atoms with van der Waals surface area (Å²) in [5.74, 6) is -1.11. The lowest BCUT2D eigenvalue weighted by Gasteiger charge is -2.45. The van der Waals surface area contributed by atoms with Gasteiger partial charge in [-0.05, 0) is 45.4 Å². The second-order valence-corrected chi connectivity index (χ2v) is 24.2. The number of aliphatic hydroxyl groups excluding tert-OH is 14. The van der Waals surface area contributed by atoms with Gasteiger partial charge in [0.15, 0.2) is 36.6 Å². The Labute approximate surface area is 556 Å². The number of nitrogens with zero attached hydrogens (tertiary/aromatic N) is 7. The van der Waals surface area contributed by atoms with Crippen LogP contribution in [0, 0.1) is 0 Å². The van der Waals surface area contributed by atoms with Crippen LogP contribution in [0.25, 0.3) is 11.2 Å². The molecule has 0 radical (unpaired) electrons. The van der Waals surface area contributed by atoms with Crippen molar-refractivity contribution < 1.29 is 133 Å². The van der Waals surface area contributed by atoms with Crippen LogP contribution in [-0.2, 0) is 76.6 Å². The van der Waals surface area contributed by atoms with Gasteiger partial charge in [0, 0.05) is 45.7 Å². The SMILES string of the molecule is C[C@H](Cn1cnc2c(N)ncnc21)OC(=O)NCc1cn(CCCC(=O)NC(CCC(=O)NCCCCCCCO[C@@H]2OC(CO)[C@@H](O[C@@H]3OC(CO)[C@H](O)C(O)[C@@H]3O)C(O)[C@@H]2O)C(=O)NCCCCCCO[C@@H]2OC(CO)[C@@H](O[C@@H]3OC(CO)[C@H](O)[C@H](O)C3O)[C@H](O)C2O)nn1. The highest BCUT2D eigenvalue weighted by Crippen LogP contribution is 2.32. The normalized spacial score (nSPS) is 31.3. The number of hydrogen-bond acceptors (Lipinski definition) is 33. The van der Waals surface area contributed by atoms with Crippen LogP contribution in [-0.4, -0.2) is 318 Å². The molecule has 97 heavy (non-hydrogen) atoms. The van der Waals surface area contributed by atoms with E-state index in [-0.39, 0.29) is 76.8 Å². The van der Waals surface area contributed by atoms with E-state index < -0.39 is 179 Å². The Morgan fingerprint density at radius 2 is 1.09 bits per heavy atom. The Morgan fingerprint density at radius 1 is 0.577 bits per heavy atom. The standard InChI is InChI=1S/C58H96N12O27/c1-29(21-69-28-65-38-51(59)63-27-64-52(38)69)91-58(88)62-20-30-22-70(68-67-30)17-11-12-37(76)66-31(53(87)61-16-8-4-6-10-19-90-55-48(86)44(82)50(35(26-74)95-55)97-57-46(84)42(80)40(78)33(24-72)93-57)13-14-36(75)60-15-7-3-2-5-9-18-89-54-47(85)43(81)49(34(25-73)94-54)96-56-45(83)41(79)39(77)32(23-71)92-56/h22,27-29,31-35,39-50,54-57,71-74,77-86H,2-21,23-26H2,1H3,(H,60,75)(H,61,87)(H,62,88)(H,66,76)(H2,59,63,64)/t29-,31?,32?,33?,34?,35?,39+,40+,41?,42+,43?,44-,45+,46?,47+,48?,49-,50-,54-,55-,56+,57+/m1/s1. The molecule has 4 aliphatic heterocycles. The monoisotopic (exact) mass is 1390 g/mol. The number of carbonyl (C=O) groups excluding carboxylic acids is 4. The summed E-state index contributed by atoms with van der Waals surface area (Å²) in [4.78, 5) is 65.0. The minimum absolute atomic E-state index is 0.00531. The number of amides is 4. The van der Waals surface area contributed by atoms with Crippen molar-refractivity contribution in [3.63, 3.8) is 0 Å². The van der Waals surface area contributed by atoms with Crippen molar-refractivity contribution in [2.24, 2.45) is 0 Å². The Morgan fingerprint density at radius 3 is 1.65 bits per heavy atom. The van der Waals surface area contributed by atoms with Gasteiger partial charge in [-0.3, -0.25) is 19.1 Å². The molecular weight excluding hydrogens is 1300 g/mol. The van der Waals surface area contributed by atoms with Gasteiger partial charge in [0.1, 0.15) is 127 Å². The zero-order valence-electron chi connectivity index (χ0n) is 53.7. The molecule has 0 spiro atoms. The summed E-state index contributed by atoms with van der Waals surface area (Å²) in [6.45, 7) is -0.0311. The van der Waals surface area contributed by atoms with E-state index in [1.807, 2.05) is 0 Å². The molecule has 39 heteroatoms. The van der Waals surface area contributed by atoms with Crippen molar-refractivity contribution in [1.29, 1.82) is 0 Å². The third-order valence-corrected chi connectivity index (χ3v) is 16.8. The number of aromatic nitrogens is 7. The minimum Gasteiger partial charge on any atom is -0.445 e. The lowest BCUT2D eigenvalue weighted by Crippen LogP contribution is -2.64. The molecular formula is C58H96N12O27. The first kappa shape index (κ1) is 78.6. The molecule has 20 N–H and O–H groups in total. The van der Waals surface area contributed by atoms with Crippen molar-refractivity contribution in [3.05, 3.63) is 24.5 Å². The van der Waals surface area contributed by atoms with Crippen molar-refractivity contribution in [1.82, 2.24) is 55.8 Å². The number of unbranched alkanes of at least 4 members (excludes halogenated alkanes) is 7. The molecule has 0 aliphatic carbocycles. The number of ether oxygens (including phenoxy) is 9. The lowest BCUT2D eigenvalue weighted by molar-refractivity contribution is -0.359. The van der Waals surface area contributed by atoms with E-state index in [1.165, 1.54) is 17.3 Å². The predicted molar refractivity (Wildman–Crippen MR) is 325 cm³/mol. The third-order valence-electron chi connectivity index (χ3n) is 16.8. The average molecular weight is 1390 g/mol. The molecule has 0 saturated carbocycles. The number of hydrogen-bond donors (Lipinski definition) is 19. The van der Waals surface area contributed by atoms with E-state index >= 15 is 0 Å². The van der Waals surface area contributed by atoms with Gasteiger partial charge in [-0.15, -0.1) is 5.10 Å². The summed E-state index contributed by atoms with van der Waals surface area (Å²) in [5, 5.41) is 163. The molecule has 4 amide bonds. The first-order valence-corrected chi connectivity index (χ1v) is 32.6. The van der Waals surface area contributed by atoms with Crippen molar-refractivity contribution in [3.8, 4) is 0 Å². The number of fused-ring (bicyclic) bond motifs is 1. The molecule has 7 rings (SSSR count). The van der Waals surface area contributed by atoms with Gasteiger partial charge in [-0.2, -0.15) is 0 Å². The molecule has 39 nitrogen and oxygen atoms in total. The molecule has 4 fully saturated rings. The van der Waals surface area contributed by atoms with Crippen LogP contribution < -0.4 is 27.0 Å². The lowest BCUT2D eigenvalue weighted by atomic mass is 9.97. The van der Waals surface area contributed by atoms with Crippen LogP contribution in [0.2, 0.25) is 0 Å². The summed E-state index contributed by atoms with van der Waals surface area (Å²) in [6, 6.07) is -1.08. The summed E-state index contributed by atoms with van der Waals surface area (Å²) in [7, 11) is 0. The largest absolute Gasteiger partial charge is 0.445 e. The molecule has 3 aromatic rings. The zero-order valence-corrected chi connectivity index (χ0v) is 53.7. The fourth-order valence-electron chi connectivity index (χ4n) is 11.2. The third kappa shape index (κ3) is 22.4. The molecule has 550 valence electrons. The van der Waals surface area contributed by atoms with Crippen LogP contribution in [0.4, 0.5) is 10.6 Å². The van der Waals surface area contributed by atoms with Crippen molar-refractivity contribution >= 4 is 40.8 Å². The molecule has 0 bridgehead atoms. The number of carbonyl (C=O) groups is 4. The minimum atomic E-state index is -1.82. The Hall–Kier alpha value is -5.71. The fourth-order valence-corrected chi connectivity index (χ4v) is 11.2. The second-order valence-electron chi connectivity index (χ2n) is 24.2. The summed E-state index contributed by atoms with van der Waals surface area (Å²) in [6.07, 6.45) is -22.9. The van der Waals surface area contributed by atoms with Crippen LogP contribution in [0.3, 0.4) is 0 Å². The van der Waals surface area contributed by atoms with Gasteiger partial charge in [-0.1, -0.05) is 37.3 Å². The Kier molecular flexibility index (Phi) is 31.9. The molecule has 4 saturated heterocycles. The number of rotatable bonds is 39. The number of nitrogen functional groups attached to an aromatic ring is 1. The van der Waals surface area contributed by atoms with E-state index in [9.17, 15) is 90.7 Å². The van der Waals surface area contributed by atoms with Gasteiger partial charge in [0.05, 0.1) is 52.0 Å². The van der Waals surface area contributed by atoms with Gasteiger partial charge in [0.25, 0.3) is 0 Å². The molecule has 7 heterocycles. The number of aliphatic hydroxyl groups is 14. The fraction of sp³-hybridized carbons (Fsp3) is 0.810. The number of aryl methyl sites for hydroxylation is 1. The summed E-state index contributed by atoms with van der Waals surface area (Å²) >= 11 is 0. The highest BCUT2D eigenvalue weighted by atomic mass is 16.8. The van der Waals surface area contributed by atoms with Gasteiger partial charge >= 0.3 is 6.09 Å². The molecule has 3 aromatic heterocycles. The smallest absolute Gasteiger partial charge is 0.407 e. The number of alkyl carbamates (subject to hydrolysis) is 1. The molecule has 22 atom stereocenters. The van der Waals surface area contributed by atoms with Gasteiger partial charge < -0.3 is 146 Å². The number of imidazole rings is 1. The van der Waals surface area contributed by atoms with Crippen LogP contribution >= 0.6 is 0 Å². The van der Waals surface area contributed by atoms with Gasteiger partial charge in [-0.25, -0.2) is 19.7 Å². The van der Waals surface area contributed by atoms with Crippen LogP contribution in [0.5, 0.6) is 0 Å². The van der Waals surface area contributed by atoms with Crippen LogP contribution in [0.15, 0.2) is 18.9 Å². The first-order chi connectivity index (χ1) is 46.6. The maximum absolute atomic E-state index is 13.6. The maximum atomic E-state index is 13.6. The topological polar surface area (TPSA) is 583 Å². The highest BCUT2D eigenvalue weighted by molar-refractivity contribution is 5.88. The quantitative estimate of drug-likeness (QED) is 0.0236. The molecule has 4 aliphatic rings. The number of anilines is 1. The Balaban J connectivity index is 0.798. The summed E-state index contributed by atoms with van der Waals surface area (Å²) in [5.41, 5.74) is 7.20. The first-order valence-electron chi connectivity index (χ1n) is 32.6. The number of nitrogens with one attached hydrogen (secondary N) is 4. The van der Waals surface area contributed by atoms with Crippen LogP contribution in [0.1, 0.15) is 96.1 Å². The Bertz CT molecular complexity index is 2850. The zero-order chi connectivity index (χ0) is 70.3. The maximum Gasteiger partial charge on any atom is 0.407 e. The van der Waals surface area contributed by atoms with E-state index in [4.69, 9.17) is 48.4 Å². The van der Waals surface area contributed by atoms with Crippen molar-refractivity contribution in [2.75, 3.05) is 58.5 Å². The number of nitrogens with two attached hydrogens (primary N) is 1. The predicted octanol–water partition coefficient (Wildman–Crippen LogP) is -7.62. The second kappa shape index (κ2) is 39.3. The van der Waals surface area contributed by atoms with Gasteiger partial charge in [0.2, 0.25) is 17.7 Å². The highest BCUT2D eigenvalue weighted by Gasteiger charge is 2.53. The van der Waals surface area contributed by atoms with E-state index in [1.54, 1.807) is 17.7 Å². The van der Waals surface area contributed by atoms with E-state index in [0.29, 0.717) is 74.8 Å². The van der Waals surface area contributed by atoms with Crippen molar-refractivity contribution in [2.45, 2.75) is 245 Å². The molecule has 9 unspecified atom stereocenters. The van der Waals surface area contributed by atoms with E-state index in [2.05, 4.69) is 46.5 Å². The molecule has 0 aromatic carbocycles. The van der Waals surface area contributed by atoms with E-state index in [0.717, 1.165) is 6.42 Å². The average Bonchev–Trinajstić information content (AvgIpc) is 1.57. The summed E-state index contributed by atoms with van der Waals surface area (Å²) < 4.78 is 53.2.